The summed E-state index contributed by atoms with van der Waals surface area (Å²) in [7, 11) is 1.64. The average Bonchev–Trinajstić information content (AvgIpc) is 2.34. The van der Waals surface area contributed by atoms with Gasteiger partial charge in [-0.3, -0.25) is 0 Å². The van der Waals surface area contributed by atoms with E-state index in [1.807, 2.05) is 50.2 Å². The SMILES string of the molecule is COc1ccc(Oc2c(C)cc(N)cc2C)cc1. The van der Waals surface area contributed by atoms with Crippen LogP contribution in [0.5, 0.6) is 17.2 Å². The summed E-state index contributed by atoms with van der Waals surface area (Å²) in [6.07, 6.45) is 0. The van der Waals surface area contributed by atoms with Crippen LogP contribution in [0.15, 0.2) is 36.4 Å². The lowest BCUT2D eigenvalue weighted by atomic mass is 10.1. The molecule has 2 rings (SSSR count). The third-order valence-electron chi connectivity index (χ3n) is 2.76. The van der Waals surface area contributed by atoms with Gasteiger partial charge in [0.25, 0.3) is 0 Å². The van der Waals surface area contributed by atoms with Crippen molar-refractivity contribution in [3.63, 3.8) is 0 Å². The lowest BCUT2D eigenvalue weighted by Crippen LogP contribution is -1.94. The number of rotatable bonds is 3. The Labute approximate surface area is 107 Å². The van der Waals surface area contributed by atoms with Crippen molar-refractivity contribution in [2.45, 2.75) is 13.8 Å². The van der Waals surface area contributed by atoms with Crippen LogP contribution in [0.2, 0.25) is 0 Å². The van der Waals surface area contributed by atoms with Gasteiger partial charge in [0.15, 0.2) is 0 Å². The highest BCUT2D eigenvalue weighted by Crippen LogP contribution is 2.31. The number of anilines is 1. The van der Waals surface area contributed by atoms with Crippen LogP contribution in [-0.2, 0) is 0 Å². The summed E-state index contributed by atoms with van der Waals surface area (Å²) in [4.78, 5) is 0. The number of ether oxygens (including phenoxy) is 2. The van der Waals surface area contributed by atoms with Crippen LogP contribution in [0.25, 0.3) is 0 Å². The molecule has 0 heterocycles. The molecule has 2 aromatic rings. The topological polar surface area (TPSA) is 44.5 Å². The maximum Gasteiger partial charge on any atom is 0.133 e. The average molecular weight is 243 g/mol. The molecular weight excluding hydrogens is 226 g/mol. The summed E-state index contributed by atoms with van der Waals surface area (Å²) in [6.45, 7) is 3.98. The van der Waals surface area contributed by atoms with E-state index in [9.17, 15) is 0 Å². The summed E-state index contributed by atoms with van der Waals surface area (Å²) in [6, 6.07) is 11.3. The molecule has 0 saturated carbocycles. The van der Waals surface area contributed by atoms with Crippen molar-refractivity contribution in [3.8, 4) is 17.2 Å². The molecule has 0 unspecified atom stereocenters. The fraction of sp³-hybridized carbons (Fsp3) is 0.200. The Morgan fingerprint density at radius 1 is 0.889 bits per heavy atom. The van der Waals surface area contributed by atoms with Gasteiger partial charge in [-0.15, -0.1) is 0 Å². The van der Waals surface area contributed by atoms with Crippen LogP contribution < -0.4 is 15.2 Å². The Balaban J connectivity index is 2.28. The first-order chi connectivity index (χ1) is 8.60. The molecule has 2 N–H and O–H groups in total. The van der Waals surface area contributed by atoms with Gasteiger partial charge in [0.1, 0.15) is 17.2 Å². The molecule has 3 heteroatoms. The van der Waals surface area contributed by atoms with Crippen molar-refractivity contribution in [3.05, 3.63) is 47.5 Å². The number of benzene rings is 2. The Morgan fingerprint density at radius 2 is 1.39 bits per heavy atom. The minimum absolute atomic E-state index is 0.757. The van der Waals surface area contributed by atoms with Gasteiger partial charge in [0.2, 0.25) is 0 Å². The molecular formula is C15H17NO2. The standard InChI is InChI=1S/C15H17NO2/c1-10-8-12(16)9-11(2)15(10)18-14-6-4-13(17-3)5-7-14/h4-9H,16H2,1-3H3. The smallest absolute Gasteiger partial charge is 0.133 e. The molecule has 0 saturated heterocycles. The van der Waals surface area contributed by atoms with E-state index in [0.29, 0.717) is 0 Å². The van der Waals surface area contributed by atoms with Gasteiger partial charge < -0.3 is 15.2 Å². The molecule has 0 aromatic heterocycles. The van der Waals surface area contributed by atoms with E-state index in [2.05, 4.69) is 0 Å². The quantitative estimate of drug-likeness (QED) is 0.836. The van der Waals surface area contributed by atoms with Crippen molar-refractivity contribution in [1.29, 1.82) is 0 Å². The van der Waals surface area contributed by atoms with E-state index in [0.717, 1.165) is 34.1 Å². The van der Waals surface area contributed by atoms with E-state index in [1.165, 1.54) is 0 Å². The highest BCUT2D eigenvalue weighted by atomic mass is 16.5. The number of nitrogens with two attached hydrogens (primary N) is 1. The third-order valence-corrected chi connectivity index (χ3v) is 2.76. The van der Waals surface area contributed by atoms with E-state index in [-0.39, 0.29) is 0 Å². The van der Waals surface area contributed by atoms with E-state index in [1.54, 1.807) is 7.11 Å². The van der Waals surface area contributed by atoms with Crippen LogP contribution in [0.3, 0.4) is 0 Å². The molecule has 0 amide bonds. The Hall–Kier alpha value is -2.16. The first-order valence-electron chi connectivity index (χ1n) is 5.79. The summed E-state index contributed by atoms with van der Waals surface area (Å²) in [5, 5.41) is 0. The second kappa shape index (κ2) is 5.00. The number of aryl methyl sites for hydroxylation is 2. The lowest BCUT2D eigenvalue weighted by Gasteiger charge is -2.12. The molecule has 0 atom stereocenters. The second-order valence-electron chi connectivity index (χ2n) is 4.26. The molecule has 0 bridgehead atoms. The van der Waals surface area contributed by atoms with E-state index >= 15 is 0 Å². The van der Waals surface area contributed by atoms with Crippen LogP contribution in [0, 0.1) is 13.8 Å². The summed E-state index contributed by atoms with van der Waals surface area (Å²) < 4.78 is 11.0. The van der Waals surface area contributed by atoms with Gasteiger partial charge in [-0.1, -0.05) is 0 Å². The Morgan fingerprint density at radius 3 is 1.89 bits per heavy atom. The zero-order valence-electron chi connectivity index (χ0n) is 10.9. The van der Waals surface area contributed by atoms with Gasteiger partial charge in [-0.05, 0) is 61.4 Å². The minimum Gasteiger partial charge on any atom is -0.497 e. The van der Waals surface area contributed by atoms with Crippen LogP contribution in [0.1, 0.15) is 11.1 Å². The largest absolute Gasteiger partial charge is 0.497 e. The highest BCUT2D eigenvalue weighted by Gasteiger charge is 2.06. The van der Waals surface area contributed by atoms with E-state index < -0.39 is 0 Å². The maximum atomic E-state index is 5.88. The predicted molar refractivity (Wildman–Crippen MR) is 73.4 cm³/mol. The zero-order valence-corrected chi connectivity index (χ0v) is 10.9. The lowest BCUT2D eigenvalue weighted by molar-refractivity contribution is 0.412. The van der Waals surface area contributed by atoms with Crippen LogP contribution >= 0.6 is 0 Å². The van der Waals surface area contributed by atoms with Gasteiger partial charge >= 0.3 is 0 Å². The zero-order chi connectivity index (χ0) is 13.1. The molecule has 0 aliphatic carbocycles. The van der Waals surface area contributed by atoms with E-state index in [4.69, 9.17) is 15.2 Å². The molecule has 0 aliphatic heterocycles. The van der Waals surface area contributed by atoms with Gasteiger partial charge in [0, 0.05) is 5.69 Å². The number of hydrogen-bond donors (Lipinski definition) is 1. The molecule has 94 valence electrons. The minimum atomic E-state index is 0.757. The number of methoxy groups -OCH3 is 1. The fourth-order valence-electron chi connectivity index (χ4n) is 1.91. The monoisotopic (exact) mass is 243 g/mol. The van der Waals surface area contributed by atoms with Crippen molar-refractivity contribution >= 4 is 5.69 Å². The van der Waals surface area contributed by atoms with Gasteiger partial charge in [0.05, 0.1) is 7.11 Å². The summed E-state index contributed by atoms with van der Waals surface area (Å²) in [5.74, 6) is 2.45. The third kappa shape index (κ3) is 2.56. The predicted octanol–water partition coefficient (Wildman–Crippen LogP) is 3.69. The molecule has 2 aromatic carbocycles. The summed E-state index contributed by atoms with van der Waals surface area (Å²) >= 11 is 0. The van der Waals surface area contributed by atoms with Crippen molar-refractivity contribution in [2.24, 2.45) is 0 Å². The number of hydrogen-bond acceptors (Lipinski definition) is 3. The van der Waals surface area contributed by atoms with Gasteiger partial charge in [-0.25, -0.2) is 0 Å². The highest BCUT2D eigenvalue weighted by molar-refractivity contribution is 5.53. The maximum absolute atomic E-state index is 5.88. The Kier molecular flexibility index (Phi) is 3.42. The molecule has 0 radical (unpaired) electrons. The first kappa shape index (κ1) is 12.3. The van der Waals surface area contributed by atoms with Gasteiger partial charge in [-0.2, -0.15) is 0 Å². The number of nitrogen functional groups attached to an aromatic ring is 1. The van der Waals surface area contributed by atoms with Crippen LogP contribution in [0.4, 0.5) is 5.69 Å². The fourth-order valence-corrected chi connectivity index (χ4v) is 1.91. The van der Waals surface area contributed by atoms with Crippen LogP contribution in [-0.4, -0.2) is 7.11 Å². The Bertz CT molecular complexity index is 524. The molecule has 18 heavy (non-hydrogen) atoms. The molecule has 0 aliphatic rings. The molecule has 0 fully saturated rings. The molecule has 0 spiro atoms. The van der Waals surface area contributed by atoms with Crippen molar-refractivity contribution < 1.29 is 9.47 Å². The summed E-state index contributed by atoms with van der Waals surface area (Å²) in [5.41, 5.74) is 8.61. The first-order valence-corrected chi connectivity index (χ1v) is 5.79. The molecule has 3 nitrogen and oxygen atoms in total. The van der Waals surface area contributed by atoms with Crippen molar-refractivity contribution in [2.75, 3.05) is 12.8 Å². The second-order valence-corrected chi connectivity index (χ2v) is 4.26. The normalized spacial score (nSPS) is 10.2. The van der Waals surface area contributed by atoms with Crippen molar-refractivity contribution in [1.82, 2.24) is 0 Å².